The van der Waals surface area contributed by atoms with Gasteiger partial charge < -0.3 is 10.1 Å². The number of hydrogen-bond acceptors (Lipinski definition) is 2. The first-order chi connectivity index (χ1) is 8.54. The maximum absolute atomic E-state index is 11.2. The molecule has 18 heavy (non-hydrogen) atoms. The minimum absolute atomic E-state index is 0.276. The smallest absolute Gasteiger partial charge is 0.407 e. The molecule has 1 aliphatic carbocycles. The molecule has 0 spiro atoms. The molecule has 0 aliphatic heterocycles. The molecule has 0 heterocycles. The number of nitrogens with one attached hydrogen (secondary N) is 1. The van der Waals surface area contributed by atoms with E-state index in [4.69, 9.17) is 4.74 Å². The summed E-state index contributed by atoms with van der Waals surface area (Å²) in [6, 6.07) is 0. The first-order valence-electron chi connectivity index (χ1n) is 7.45. The van der Waals surface area contributed by atoms with Crippen LogP contribution in [0.2, 0.25) is 0 Å². The van der Waals surface area contributed by atoms with Gasteiger partial charge in [-0.3, -0.25) is 0 Å². The first-order valence-corrected chi connectivity index (χ1v) is 7.45. The molecular weight excluding hydrogens is 226 g/mol. The molecule has 1 N–H and O–H groups in total. The second-order valence-corrected chi connectivity index (χ2v) is 6.02. The Balaban J connectivity index is 2.34. The third-order valence-electron chi connectivity index (χ3n) is 4.22. The average Bonchev–Trinajstić information content (AvgIpc) is 2.29. The lowest BCUT2D eigenvalue weighted by molar-refractivity contribution is 0.130. The number of carbonyl (C=O) groups excluding carboxylic acids is 1. The van der Waals surface area contributed by atoms with Crippen LogP contribution in [0, 0.1) is 23.7 Å². The van der Waals surface area contributed by atoms with Crippen molar-refractivity contribution in [2.75, 3.05) is 13.2 Å². The second kappa shape index (κ2) is 7.65. The number of hydrogen-bond donors (Lipinski definition) is 1. The zero-order chi connectivity index (χ0) is 13.5. The van der Waals surface area contributed by atoms with Crippen molar-refractivity contribution in [1.82, 2.24) is 5.32 Å². The summed E-state index contributed by atoms with van der Waals surface area (Å²) in [5, 5.41) is 2.84. The molecule has 1 fully saturated rings. The average molecular weight is 255 g/mol. The van der Waals surface area contributed by atoms with Crippen LogP contribution in [0.15, 0.2) is 0 Å². The molecule has 3 unspecified atom stereocenters. The lowest BCUT2D eigenvalue weighted by atomic mass is 9.69. The largest absolute Gasteiger partial charge is 0.450 e. The SMILES string of the molecule is CCOC(=O)NCCC1CC(C)CCC1C(C)C. The van der Waals surface area contributed by atoms with Gasteiger partial charge in [0, 0.05) is 6.54 Å². The molecule has 3 atom stereocenters. The van der Waals surface area contributed by atoms with E-state index in [-0.39, 0.29) is 6.09 Å². The quantitative estimate of drug-likeness (QED) is 0.810. The van der Waals surface area contributed by atoms with E-state index >= 15 is 0 Å². The van der Waals surface area contributed by atoms with Crippen molar-refractivity contribution < 1.29 is 9.53 Å². The molecular formula is C15H29NO2. The van der Waals surface area contributed by atoms with Crippen molar-refractivity contribution in [3.8, 4) is 0 Å². The topological polar surface area (TPSA) is 38.3 Å². The summed E-state index contributed by atoms with van der Waals surface area (Å²) in [4.78, 5) is 11.2. The van der Waals surface area contributed by atoms with Gasteiger partial charge in [-0.1, -0.05) is 27.2 Å². The predicted molar refractivity (Wildman–Crippen MR) is 74.5 cm³/mol. The van der Waals surface area contributed by atoms with Gasteiger partial charge >= 0.3 is 6.09 Å². The van der Waals surface area contributed by atoms with E-state index in [1.54, 1.807) is 0 Å². The van der Waals surface area contributed by atoms with Gasteiger partial charge in [0.1, 0.15) is 0 Å². The van der Waals surface area contributed by atoms with Crippen LogP contribution in [-0.2, 0) is 4.74 Å². The molecule has 0 aromatic carbocycles. The third-order valence-corrected chi connectivity index (χ3v) is 4.22. The Labute approximate surface area is 112 Å². The van der Waals surface area contributed by atoms with Gasteiger partial charge in [-0.05, 0) is 49.9 Å². The Hall–Kier alpha value is -0.730. The highest BCUT2D eigenvalue weighted by Crippen LogP contribution is 2.39. The van der Waals surface area contributed by atoms with Crippen molar-refractivity contribution >= 4 is 6.09 Å². The van der Waals surface area contributed by atoms with E-state index in [9.17, 15) is 4.79 Å². The molecule has 0 radical (unpaired) electrons. The van der Waals surface area contributed by atoms with Crippen LogP contribution in [0.5, 0.6) is 0 Å². The van der Waals surface area contributed by atoms with E-state index < -0.39 is 0 Å². The Bertz CT molecular complexity index is 253. The minimum atomic E-state index is -0.276. The summed E-state index contributed by atoms with van der Waals surface area (Å²) in [7, 11) is 0. The van der Waals surface area contributed by atoms with Gasteiger partial charge in [0.05, 0.1) is 6.61 Å². The van der Waals surface area contributed by atoms with E-state index in [0.29, 0.717) is 6.61 Å². The molecule has 0 saturated heterocycles. The highest BCUT2D eigenvalue weighted by atomic mass is 16.5. The predicted octanol–water partition coefficient (Wildman–Crippen LogP) is 3.83. The Morgan fingerprint density at radius 2 is 2.11 bits per heavy atom. The Kier molecular flexibility index (Phi) is 6.51. The number of carbonyl (C=O) groups is 1. The fourth-order valence-corrected chi connectivity index (χ4v) is 3.27. The maximum atomic E-state index is 11.2. The minimum Gasteiger partial charge on any atom is -0.450 e. The summed E-state index contributed by atoms with van der Waals surface area (Å²) >= 11 is 0. The summed E-state index contributed by atoms with van der Waals surface area (Å²) < 4.78 is 4.88. The van der Waals surface area contributed by atoms with Crippen LogP contribution in [0.4, 0.5) is 4.79 Å². The lowest BCUT2D eigenvalue weighted by Gasteiger charge is -2.37. The van der Waals surface area contributed by atoms with Gasteiger partial charge in [0.15, 0.2) is 0 Å². The van der Waals surface area contributed by atoms with Gasteiger partial charge in [-0.15, -0.1) is 0 Å². The standard InChI is InChI=1S/C15H29NO2/c1-5-18-15(17)16-9-8-13-10-12(4)6-7-14(13)11(2)3/h11-14H,5-10H2,1-4H3,(H,16,17). The van der Waals surface area contributed by atoms with Crippen LogP contribution >= 0.6 is 0 Å². The van der Waals surface area contributed by atoms with Gasteiger partial charge in [-0.25, -0.2) is 4.79 Å². The maximum Gasteiger partial charge on any atom is 0.407 e. The fraction of sp³-hybridized carbons (Fsp3) is 0.933. The summed E-state index contributed by atoms with van der Waals surface area (Å²) in [6.07, 6.45) is 4.84. The fourth-order valence-electron chi connectivity index (χ4n) is 3.27. The molecule has 3 heteroatoms. The summed E-state index contributed by atoms with van der Waals surface area (Å²) in [5.41, 5.74) is 0. The number of ether oxygens (including phenoxy) is 1. The molecule has 0 aromatic rings. The molecule has 0 bridgehead atoms. The third kappa shape index (κ3) is 4.87. The monoisotopic (exact) mass is 255 g/mol. The van der Waals surface area contributed by atoms with Crippen LogP contribution in [-0.4, -0.2) is 19.2 Å². The van der Waals surface area contributed by atoms with Gasteiger partial charge in [-0.2, -0.15) is 0 Å². The van der Waals surface area contributed by atoms with E-state index in [2.05, 4.69) is 26.1 Å². The van der Waals surface area contributed by atoms with Crippen LogP contribution in [0.1, 0.15) is 53.4 Å². The molecule has 1 amide bonds. The van der Waals surface area contributed by atoms with Gasteiger partial charge in [0.2, 0.25) is 0 Å². The highest BCUT2D eigenvalue weighted by molar-refractivity contribution is 5.66. The first kappa shape index (κ1) is 15.3. The molecule has 1 aliphatic rings. The zero-order valence-electron chi connectivity index (χ0n) is 12.4. The molecule has 1 saturated carbocycles. The Morgan fingerprint density at radius 1 is 1.39 bits per heavy atom. The van der Waals surface area contributed by atoms with E-state index in [1.807, 2.05) is 6.92 Å². The highest BCUT2D eigenvalue weighted by Gasteiger charge is 2.30. The van der Waals surface area contributed by atoms with Crippen molar-refractivity contribution in [2.45, 2.75) is 53.4 Å². The molecule has 3 nitrogen and oxygen atoms in total. The lowest BCUT2D eigenvalue weighted by Crippen LogP contribution is -2.32. The normalized spacial score (nSPS) is 28.2. The molecule has 106 valence electrons. The van der Waals surface area contributed by atoms with Crippen LogP contribution in [0.3, 0.4) is 0 Å². The van der Waals surface area contributed by atoms with E-state index in [1.165, 1.54) is 19.3 Å². The van der Waals surface area contributed by atoms with Crippen molar-refractivity contribution in [1.29, 1.82) is 0 Å². The van der Waals surface area contributed by atoms with Gasteiger partial charge in [0.25, 0.3) is 0 Å². The number of alkyl carbamates (subject to hydrolysis) is 1. The van der Waals surface area contributed by atoms with Crippen molar-refractivity contribution in [3.63, 3.8) is 0 Å². The molecule has 1 rings (SSSR count). The summed E-state index contributed by atoms with van der Waals surface area (Å²) in [6.45, 7) is 10.0. The Morgan fingerprint density at radius 3 is 2.72 bits per heavy atom. The summed E-state index contributed by atoms with van der Waals surface area (Å²) in [5.74, 6) is 3.18. The van der Waals surface area contributed by atoms with Crippen LogP contribution < -0.4 is 5.32 Å². The zero-order valence-corrected chi connectivity index (χ0v) is 12.4. The van der Waals surface area contributed by atoms with Crippen LogP contribution in [0.25, 0.3) is 0 Å². The van der Waals surface area contributed by atoms with Crippen molar-refractivity contribution in [2.24, 2.45) is 23.7 Å². The number of amides is 1. The van der Waals surface area contributed by atoms with E-state index in [0.717, 1.165) is 36.6 Å². The van der Waals surface area contributed by atoms with Crippen molar-refractivity contribution in [3.05, 3.63) is 0 Å². The number of rotatable bonds is 5. The second-order valence-electron chi connectivity index (χ2n) is 6.02. The molecule has 0 aromatic heterocycles.